The van der Waals surface area contributed by atoms with E-state index in [1.807, 2.05) is 19.9 Å². The van der Waals surface area contributed by atoms with Gasteiger partial charge in [0.05, 0.1) is 5.69 Å². The first-order valence-electron chi connectivity index (χ1n) is 7.35. The molecule has 1 aliphatic rings. The van der Waals surface area contributed by atoms with Gasteiger partial charge in [-0.15, -0.1) is 0 Å². The predicted molar refractivity (Wildman–Crippen MR) is 81.0 cm³/mol. The zero-order valence-corrected chi connectivity index (χ0v) is 12.0. The molecule has 3 rings (SSSR count). The highest BCUT2D eigenvalue weighted by atomic mass is 16.1. The summed E-state index contributed by atoms with van der Waals surface area (Å²) in [7, 11) is 0. The van der Waals surface area contributed by atoms with E-state index in [0.717, 1.165) is 17.1 Å². The van der Waals surface area contributed by atoms with Crippen LogP contribution in [0.3, 0.4) is 0 Å². The number of benzene rings is 1. The molecule has 1 aromatic heterocycles. The molecule has 0 saturated heterocycles. The van der Waals surface area contributed by atoms with Gasteiger partial charge in [0, 0.05) is 17.5 Å². The summed E-state index contributed by atoms with van der Waals surface area (Å²) in [5.41, 5.74) is 3.12. The maximum absolute atomic E-state index is 11.8. The van der Waals surface area contributed by atoms with E-state index in [1.54, 1.807) is 6.07 Å². The summed E-state index contributed by atoms with van der Waals surface area (Å²) in [6.07, 6.45) is 3.89. The first-order chi connectivity index (χ1) is 9.63. The molecule has 1 saturated carbocycles. The van der Waals surface area contributed by atoms with Crippen molar-refractivity contribution in [2.24, 2.45) is 0 Å². The van der Waals surface area contributed by atoms with Gasteiger partial charge in [-0.3, -0.25) is 4.79 Å². The molecular weight excluding hydrogens is 248 g/mol. The Kier molecular flexibility index (Phi) is 3.43. The lowest BCUT2D eigenvalue weighted by Crippen LogP contribution is -2.12. The summed E-state index contributed by atoms with van der Waals surface area (Å²) in [6, 6.07) is 10.1. The molecule has 0 aliphatic heterocycles. The summed E-state index contributed by atoms with van der Waals surface area (Å²) in [5, 5.41) is 0. The molecule has 0 amide bonds. The number of hydrogen-bond acceptors (Lipinski definition) is 2. The maximum atomic E-state index is 11.8. The topological polar surface area (TPSA) is 45.8 Å². The van der Waals surface area contributed by atoms with Crippen molar-refractivity contribution < 1.29 is 0 Å². The number of hydrogen-bond donors (Lipinski definition) is 1. The van der Waals surface area contributed by atoms with Crippen molar-refractivity contribution in [3.8, 4) is 11.3 Å². The molecule has 1 fully saturated rings. The van der Waals surface area contributed by atoms with Crippen molar-refractivity contribution in [1.29, 1.82) is 0 Å². The average molecular weight is 268 g/mol. The van der Waals surface area contributed by atoms with Gasteiger partial charge >= 0.3 is 0 Å². The van der Waals surface area contributed by atoms with Gasteiger partial charge in [0.25, 0.3) is 5.56 Å². The average Bonchev–Trinajstić information content (AvgIpc) is 2.36. The van der Waals surface area contributed by atoms with E-state index in [2.05, 4.69) is 28.2 Å². The van der Waals surface area contributed by atoms with Crippen molar-refractivity contribution in [3.63, 3.8) is 0 Å². The Balaban J connectivity index is 2.01. The second kappa shape index (κ2) is 5.23. The molecule has 0 spiro atoms. The van der Waals surface area contributed by atoms with Crippen LogP contribution < -0.4 is 5.56 Å². The van der Waals surface area contributed by atoms with Crippen molar-refractivity contribution in [1.82, 2.24) is 9.97 Å². The summed E-state index contributed by atoms with van der Waals surface area (Å²) in [5.74, 6) is 1.67. The van der Waals surface area contributed by atoms with Crippen LogP contribution >= 0.6 is 0 Å². The molecule has 1 N–H and O–H groups in total. The maximum Gasteiger partial charge on any atom is 0.251 e. The quantitative estimate of drug-likeness (QED) is 0.919. The van der Waals surface area contributed by atoms with Gasteiger partial charge in [0.1, 0.15) is 5.82 Å². The van der Waals surface area contributed by atoms with Gasteiger partial charge in [-0.1, -0.05) is 38.5 Å². The third-order valence-corrected chi connectivity index (χ3v) is 4.07. The molecule has 2 aromatic rings. The SMILES string of the molecule is CC(C)c1nc(-c2cccc(C3CCC3)c2)cc(=O)[nH]1. The van der Waals surface area contributed by atoms with Gasteiger partial charge in [-0.05, 0) is 30.4 Å². The first kappa shape index (κ1) is 13.1. The van der Waals surface area contributed by atoms with Crippen LogP contribution in [0.4, 0.5) is 0 Å². The van der Waals surface area contributed by atoms with Gasteiger partial charge < -0.3 is 4.98 Å². The second-order valence-corrected chi connectivity index (χ2v) is 5.92. The molecule has 3 nitrogen and oxygen atoms in total. The number of aromatic nitrogens is 2. The monoisotopic (exact) mass is 268 g/mol. The van der Waals surface area contributed by atoms with Gasteiger partial charge in [-0.25, -0.2) is 4.98 Å². The van der Waals surface area contributed by atoms with Gasteiger partial charge in [0.15, 0.2) is 0 Å². The van der Waals surface area contributed by atoms with Crippen LogP contribution in [0, 0.1) is 0 Å². The molecule has 1 heterocycles. The number of aromatic amines is 1. The summed E-state index contributed by atoms with van der Waals surface area (Å²) in [6.45, 7) is 4.07. The highest BCUT2D eigenvalue weighted by molar-refractivity contribution is 5.60. The fraction of sp³-hybridized carbons (Fsp3) is 0.412. The molecular formula is C17H20N2O. The van der Waals surface area contributed by atoms with Crippen LogP contribution in [0.15, 0.2) is 35.1 Å². The molecule has 0 atom stereocenters. The highest BCUT2D eigenvalue weighted by Gasteiger charge is 2.19. The summed E-state index contributed by atoms with van der Waals surface area (Å²) in [4.78, 5) is 19.2. The lowest BCUT2D eigenvalue weighted by molar-refractivity contribution is 0.420. The van der Waals surface area contributed by atoms with E-state index in [9.17, 15) is 4.79 Å². The molecule has 1 aromatic carbocycles. The molecule has 3 heteroatoms. The van der Waals surface area contributed by atoms with Crippen LogP contribution in [0.5, 0.6) is 0 Å². The van der Waals surface area contributed by atoms with Crippen LogP contribution in [0.25, 0.3) is 11.3 Å². The van der Waals surface area contributed by atoms with Crippen molar-refractivity contribution >= 4 is 0 Å². The highest BCUT2D eigenvalue weighted by Crippen LogP contribution is 2.37. The minimum Gasteiger partial charge on any atom is -0.310 e. The summed E-state index contributed by atoms with van der Waals surface area (Å²) >= 11 is 0. The molecule has 0 radical (unpaired) electrons. The molecule has 20 heavy (non-hydrogen) atoms. The third kappa shape index (κ3) is 2.53. The van der Waals surface area contributed by atoms with Crippen molar-refractivity contribution in [3.05, 3.63) is 52.1 Å². The number of rotatable bonds is 3. The second-order valence-electron chi connectivity index (χ2n) is 5.92. The Labute approximate surface area is 119 Å². The van der Waals surface area contributed by atoms with Crippen molar-refractivity contribution in [2.75, 3.05) is 0 Å². The minimum atomic E-state index is -0.0762. The lowest BCUT2D eigenvalue weighted by Gasteiger charge is -2.26. The number of nitrogens with zero attached hydrogens (tertiary/aromatic N) is 1. The van der Waals surface area contributed by atoms with Crippen LogP contribution in [0.2, 0.25) is 0 Å². The zero-order valence-electron chi connectivity index (χ0n) is 12.0. The van der Waals surface area contributed by atoms with E-state index >= 15 is 0 Å². The summed E-state index contributed by atoms with van der Waals surface area (Å²) < 4.78 is 0. The zero-order chi connectivity index (χ0) is 14.1. The fourth-order valence-electron chi connectivity index (χ4n) is 2.59. The Hall–Kier alpha value is -1.90. The van der Waals surface area contributed by atoms with E-state index in [1.165, 1.54) is 24.8 Å². The standard InChI is InChI=1S/C17H20N2O/c1-11(2)17-18-15(10-16(20)19-17)14-8-4-7-13(9-14)12-5-3-6-12/h4,7-12H,3,5-6H2,1-2H3,(H,18,19,20). The largest absolute Gasteiger partial charge is 0.310 e. The Morgan fingerprint density at radius 3 is 2.70 bits per heavy atom. The third-order valence-electron chi connectivity index (χ3n) is 4.07. The van der Waals surface area contributed by atoms with Crippen LogP contribution in [-0.4, -0.2) is 9.97 Å². The minimum absolute atomic E-state index is 0.0762. The van der Waals surface area contributed by atoms with E-state index in [0.29, 0.717) is 5.92 Å². The molecule has 104 valence electrons. The Morgan fingerprint density at radius 1 is 1.25 bits per heavy atom. The Bertz CT molecular complexity index is 669. The van der Waals surface area contributed by atoms with Gasteiger partial charge in [0.2, 0.25) is 0 Å². The van der Waals surface area contributed by atoms with Gasteiger partial charge in [-0.2, -0.15) is 0 Å². The Morgan fingerprint density at radius 2 is 2.05 bits per heavy atom. The number of H-pyrrole nitrogens is 1. The molecule has 0 unspecified atom stereocenters. The lowest BCUT2D eigenvalue weighted by atomic mass is 9.79. The van der Waals surface area contributed by atoms with E-state index in [4.69, 9.17) is 0 Å². The predicted octanol–water partition coefficient (Wildman–Crippen LogP) is 3.83. The van der Waals surface area contributed by atoms with E-state index < -0.39 is 0 Å². The normalized spacial score (nSPS) is 15.3. The van der Waals surface area contributed by atoms with Crippen LogP contribution in [-0.2, 0) is 0 Å². The smallest absolute Gasteiger partial charge is 0.251 e. The van der Waals surface area contributed by atoms with E-state index in [-0.39, 0.29) is 11.5 Å². The molecule has 1 aliphatic carbocycles. The first-order valence-corrected chi connectivity index (χ1v) is 7.35. The van der Waals surface area contributed by atoms with Crippen LogP contribution in [0.1, 0.15) is 56.3 Å². The molecule has 0 bridgehead atoms. The fourth-order valence-corrected chi connectivity index (χ4v) is 2.59. The number of nitrogens with one attached hydrogen (secondary N) is 1. The van der Waals surface area contributed by atoms with Crippen molar-refractivity contribution in [2.45, 2.75) is 44.9 Å².